The highest BCUT2D eigenvalue weighted by Gasteiger charge is 2.32. The largest absolute Gasteiger partial charge is 0.469 e. The number of rotatable bonds is 6. The van der Waals surface area contributed by atoms with Crippen molar-refractivity contribution in [1.82, 2.24) is 9.55 Å². The molecule has 6 nitrogen and oxygen atoms in total. The third-order valence-electron chi connectivity index (χ3n) is 5.07. The number of methoxy groups -OCH3 is 1. The maximum Gasteiger partial charge on any atom is 0.310 e. The van der Waals surface area contributed by atoms with Gasteiger partial charge in [0.25, 0.3) is 5.56 Å². The topological polar surface area (TPSA) is 73.3 Å². The Labute approximate surface area is 147 Å². The molecule has 24 heavy (non-hydrogen) atoms. The highest BCUT2D eigenvalue weighted by molar-refractivity contribution is 7.71. The van der Waals surface area contributed by atoms with Gasteiger partial charge in [-0.15, -0.1) is 0 Å². The van der Waals surface area contributed by atoms with E-state index in [2.05, 4.69) is 30.5 Å². The number of aromatic amines is 1. The number of H-pyrrole nitrogens is 1. The summed E-state index contributed by atoms with van der Waals surface area (Å²) in [5.41, 5.74) is -0.0263. The second-order valence-electron chi connectivity index (χ2n) is 6.52. The van der Waals surface area contributed by atoms with Crippen LogP contribution < -0.4 is 5.56 Å². The molecule has 7 heteroatoms. The molecule has 0 bridgehead atoms. The van der Waals surface area contributed by atoms with E-state index in [0.29, 0.717) is 22.2 Å². The number of nitrogens with zero attached hydrogens (tertiary/aromatic N) is 1. The minimum Gasteiger partial charge on any atom is -0.469 e. The fraction of sp³-hybridized carbons (Fsp3) is 0.706. The van der Waals surface area contributed by atoms with Gasteiger partial charge in [-0.1, -0.05) is 27.2 Å². The Bertz CT molecular complexity index is 697. The Morgan fingerprint density at radius 2 is 2.21 bits per heavy atom. The van der Waals surface area contributed by atoms with Gasteiger partial charge in [-0.25, -0.2) is 0 Å². The van der Waals surface area contributed by atoms with Crippen LogP contribution in [0.2, 0.25) is 0 Å². The molecular formula is C17H26N2O4S. The predicted molar refractivity (Wildman–Crippen MR) is 93.4 cm³/mol. The van der Waals surface area contributed by atoms with Crippen molar-refractivity contribution < 1.29 is 14.3 Å². The Kier molecular flexibility index (Phi) is 6.34. The van der Waals surface area contributed by atoms with Gasteiger partial charge in [0.1, 0.15) is 6.23 Å². The van der Waals surface area contributed by atoms with Crippen molar-refractivity contribution in [2.45, 2.75) is 58.8 Å². The van der Waals surface area contributed by atoms with Crippen LogP contribution in [0, 0.1) is 16.6 Å². The van der Waals surface area contributed by atoms with E-state index in [-0.39, 0.29) is 24.3 Å². The Morgan fingerprint density at radius 3 is 2.83 bits per heavy atom. The van der Waals surface area contributed by atoms with E-state index >= 15 is 0 Å². The lowest BCUT2D eigenvalue weighted by molar-refractivity contribution is -0.139. The molecule has 2 rings (SSSR count). The zero-order valence-corrected chi connectivity index (χ0v) is 15.5. The van der Waals surface area contributed by atoms with Crippen molar-refractivity contribution in [1.29, 1.82) is 0 Å². The van der Waals surface area contributed by atoms with Crippen LogP contribution in [0.15, 0.2) is 11.0 Å². The van der Waals surface area contributed by atoms with Gasteiger partial charge in [-0.3, -0.25) is 19.1 Å². The normalized spacial score (nSPS) is 23.0. The molecule has 1 aromatic heterocycles. The average molecular weight is 354 g/mol. The number of aromatic nitrogens is 2. The third-order valence-corrected chi connectivity index (χ3v) is 5.39. The SMILES string of the molecule is CCC(C)C(C)C1CCC(n2cc(CC(=O)OC)c(=O)[nH]c2=S)O1. The maximum absolute atomic E-state index is 12.0. The second-order valence-corrected chi connectivity index (χ2v) is 6.91. The second kappa shape index (κ2) is 8.07. The van der Waals surface area contributed by atoms with Crippen LogP contribution in [0.4, 0.5) is 0 Å². The summed E-state index contributed by atoms with van der Waals surface area (Å²) in [7, 11) is 1.30. The van der Waals surface area contributed by atoms with Crippen LogP contribution in [-0.2, 0) is 20.7 Å². The van der Waals surface area contributed by atoms with E-state index in [9.17, 15) is 9.59 Å². The van der Waals surface area contributed by atoms with Gasteiger partial charge in [-0.2, -0.15) is 0 Å². The summed E-state index contributed by atoms with van der Waals surface area (Å²) in [5.74, 6) is 0.596. The molecule has 4 unspecified atom stereocenters. The van der Waals surface area contributed by atoms with Crippen molar-refractivity contribution in [3.05, 3.63) is 26.9 Å². The molecule has 1 fully saturated rings. The summed E-state index contributed by atoms with van der Waals surface area (Å²) in [6.07, 6.45) is 4.44. The van der Waals surface area contributed by atoms with Crippen molar-refractivity contribution in [2.75, 3.05) is 7.11 Å². The van der Waals surface area contributed by atoms with Crippen molar-refractivity contribution in [3.63, 3.8) is 0 Å². The predicted octanol–water partition coefficient (Wildman–Crippen LogP) is 2.98. The molecule has 1 aliphatic rings. The summed E-state index contributed by atoms with van der Waals surface area (Å²) in [4.78, 5) is 26.1. The Balaban J connectivity index is 2.20. The molecule has 0 amide bonds. The highest BCUT2D eigenvalue weighted by Crippen LogP contribution is 2.35. The Morgan fingerprint density at radius 1 is 1.50 bits per heavy atom. The first kappa shape index (κ1) is 18.9. The van der Waals surface area contributed by atoms with Crippen LogP contribution in [0.25, 0.3) is 0 Å². The van der Waals surface area contributed by atoms with Gasteiger partial charge < -0.3 is 9.47 Å². The fourth-order valence-electron chi connectivity index (χ4n) is 3.07. The molecule has 134 valence electrons. The van der Waals surface area contributed by atoms with Crippen LogP contribution in [-0.4, -0.2) is 28.7 Å². The van der Waals surface area contributed by atoms with Crippen LogP contribution in [0.3, 0.4) is 0 Å². The van der Waals surface area contributed by atoms with E-state index in [0.717, 1.165) is 19.3 Å². The maximum atomic E-state index is 12.0. The molecule has 0 aliphatic carbocycles. The van der Waals surface area contributed by atoms with Crippen LogP contribution in [0.1, 0.15) is 51.8 Å². The smallest absolute Gasteiger partial charge is 0.310 e. The van der Waals surface area contributed by atoms with E-state index in [1.54, 1.807) is 10.8 Å². The van der Waals surface area contributed by atoms with Gasteiger partial charge in [0.05, 0.1) is 19.6 Å². The summed E-state index contributed by atoms with van der Waals surface area (Å²) < 4.78 is 12.9. The number of esters is 1. The molecule has 2 heterocycles. The van der Waals surface area contributed by atoms with Crippen LogP contribution in [0.5, 0.6) is 0 Å². The lowest BCUT2D eigenvalue weighted by Gasteiger charge is -2.25. The number of carbonyl (C=O) groups is 1. The first-order valence-electron chi connectivity index (χ1n) is 8.44. The monoisotopic (exact) mass is 354 g/mol. The zero-order chi connectivity index (χ0) is 17.9. The number of nitrogens with one attached hydrogen (secondary N) is 1. The summed E-state index contributed by atoms with van der Waals surface area (Å²) in [6, 6.07) is 0. The summed E-state index contributed by atoms with van der Waals surface area (Å²) in [6.45, 7) is 6.64. The van der Waals surface area contributed by atoms with Gasteiger partial charge in [0.15, 0.2) is 4.77 Å². The minimum absolute atomic E-state index is 0.0825. The molecule has 1 saturated heterocycles. The standard InChI is InChI=1S/C17H26N2O4S/c1-5-10(2)11(3)13-6-7-14(23-13)19-9-12(8-15(20)22-4)16(21)18-17(19)24/h9-11,13-14H,5-8H2,1-4H3,(H,18,21,24). The molecule has 0 saturated carbocycles. The number of hydrogen-bond donors (Lipinski definition) is 1. The molecule has 0 spiro atoms. The lowest BCUT2D eigenvalue weighted by atomic mass is 9.88. The fourth-order valence-corrected chi connectivity index (χ4v) is 3.33. The van der Waals surface area contributed by atoms with Gasteiger partial charge in [0, 0.05) is 11.8 Å². The van der Waals surface area contributed by atoms with E-state index in [1.165, 1.54) is 7.11 Å². The van der Waals surface area contributed by atoms with Gasteiger partial charge in [0.2, 0.25) is 0 Å². The quantitative estimate of drug-likeness (QED) is 0.628. The molecule has 1 aromatic rings. The van der Waals surface area contributed by atoms with Crippen LogP contribution >= 0.6 is 12.2 Å². The Hall–Kier alpha value is -1.47. The van der Waals surface area contributed by atoms with Crippen molar-refractivity contribution in [3.8, 4) is 0 Å². The highest BCUT2D eigenvalue weighted by atomic mass is 32.1. The molecular weight excluding hydrogens is 328 g/mol. The molecule has 1 aliphatic heterocycles. The van der Waals surface area contributed by atoms with Gasteiger partial charge >= 0.3 is 5.97 Å². The average Bonchev–Trinajstić information content (AvgIpc) is 3.05. The van der Waals surface area contributed by atoms with E-state index in [1.807, 2.05) is 0 Å². The molecule has 0 aromatic carbocycles. The first-order chi connectivity index (χ1) is 11.4. The number of carbonyl (C=O) groups excluding carboxylic acids is 1. The number of hydrogen-bond acceptors (Lipinski definition) is 5. The molecule has 4 atom stereocenters. The van der Waals surface area contributed by atoms with Gasteiger partial charge in [-0.05, 0) is 36.9 Å². The zero-order valence-electron chi connectivity index (χ0n) is 14.7. The van der Waals surface area contributed by atoms with E-state index < -0.39 is 5.97 Å². The van der Waals surface area contributed by atoms with Crippen molar-refractivity contribution in [2.24, 2.45) is 11.8 Å². The number of ether oxygens (including phenoxy) is 2. The van der Waals surface area contributed by atoms with Crippen molar-refractivity contribution >= 4 is 18.2 Å². The van der Waals surface area contributed by atoms with E-state index in [4.69, 9.17) is 17.0 Å². The summed E-state index contributed by atoms with van der Waals surface area (Å²) in [5, 5.41) is 0. The lowest BCUT2D eigenvalue weighted by Crippen LogP contribution is -2.26. The third kappa shape index (κ3) is 4.13. The minimum atomic E-state index is -0.459. The molecule has 1 N–H and O–H groups in total. The summed E-state index contributed by atoms with van der Waals surface area (Å²) >= 11 is 5.27. The first-order valence-corrected chi connectivity index (χ1v) is 8.84. The molecule has 0 radical (unpaired) electrons.